The molecule has 98 valence electrons. The quantitative estimate of drug-likeness (QED) is 0.858. The minimum absolute atomic E-state index is 0.170. The number of sulfone groups is 1. The molecular weight excluding hydrogens is 252 g/mol. The molecule has 2 N–H and O–H groups in total. The van der Waals surface area contributed by atoms with Gasteiger partial charge in [0.15, 0.2) is 15.4 Å². The summed E-state index contributed by atoms with van der Waals surface area (Å²) in [6.45, 7) is 3.53. The summed E-state index contributed by atoms with van der Waals surface area (Å²) in [6, 6.07) is 5.05. The van der Waals surface area contributed by atoms with Crippen molar-refractivity contribution in [2.24, 2.45) is 0 Å². The van der Waals surface area contributed by atoms with Crippen LogP contribution in [0, 0.1) is 0 Å². The molecule has 0 aliphatic rings. The predicted octanol–water partition coefficient (Wildman–Crippen LogP) is 2.12. The molecule has 0 aliphatic carbocycles. The van der Waals surface area contributed by atoms with Crippen LogP contribution in [-0.4, -0.2) is 18.7 Å². The number of anilines is 1. The Balaban J connectivity index is 2.33. The highest BCUT2D eigenvalue weighted by atomic mass is 32.2. The van der Waals surface area contributed by atoms with Crippen LogP contribution in [0.2, 0.25) is 0 Å². The average molecular weight is 268 g/mol. The van der Waals surface area contributed by atoms with Crippen molar-refractivity contribution in [1.29, 1.82) is 0 Å². The van der Waals surface area contributed by atoms with Gasteiger partial charge in [-0.2, -0.15) is 0 Å². The first kappa shape index (κ1) is 12.9. The lowest BCUT2D eigenvalue weighted by Crippen LogP contribution is -2.18. The highest BCUT2D eigenvalue weighted by Crippen LogP contribution is 2.21. The Bertz CT molecular complexity index is 661. The lowest BCUT2D eigenvalue weighted by atomic mass is 10.3. The van der Waals surface area contributed by atoms with Crippen LogP contribution in [0.5, 0.6) is 0 Å². The first-order valence-corrected chi connectivity index (χ1v) is 7.50. The van der Waals surface area contributed by atoms with Crippen molar-refractivity contribution < 1.29 is 12.8 Å². The summed E-state index contributed by atoms with van der Waals surface area (Å²) in [5.41, 5.74) is 7.35. The van der Waals surface area contributed by atoms with Gasteiger partial charge in [-0.25, -0.2) is 13.4 Å². The Hall–Kier alpha value is -1.56. The first-order valence-electron chi connectivity index (χ1n) is 5.79. The maximum absolute atomic E-state index is 12.0. The number of oxazole rings is 1. The maximum atomic E-state index is 12.0. The molecule has 0 spiro atoms. The molecule has 1 unspecified atom stereocenters. The van der Waals surface area contributed by atoms with Crippen LogP contribution in [0.3, 0.4) is 0 Å². The van der Waals surface area contributed by atoms with Gasteiger partial charge in [-0.05, 0) is 31.5 Å². The number of hydrogen-bond acceptors (Lipinski definition) is 5. The Morgan fingerprint density at radius 2 is 2.17 bits per heavy atom. The van der Waals surface area contributed by atoms with Crippen molar-refractivity contribution in [3.63, 3.8) is 0 Å². The fraction of sp³-hybridized carbons (Fsp3) is 0.417. The number of benzene rings is 1. The fourth-order valence-electron chi connectivity index (χ4n) is 1.62. The molecule has 0 bridgehead atoms. The van der Waals surface area contributed by atoms with Crippen LogP contribution in [0.25, 0.3) is 11.1 Å². The number of nitrogen functional groups attached to an aromatic ring is 1. The lowest BCUT2D eigenvalue weighted by Gasteiger charge is -2.07. The van der Waals surface area contributed by atoms with E-state index in [1.54, 1.807) is 25.1 Å². The normalized spacial score (nSPS) is 13.9. The van der Waals surface area contributed by atoms with Crippen molar-refractivity contribution in [3.8, 4) is 0 Å². The lowest BCUT2D eigenvalue weighted by molar-refractivity contribution is 0.535. The molecule has 5 nitrogen and oxygen atoms in total. The summed E-state index contributed by atoms with van der Waals surface area (Å²) in [7, 11) is -3.21. The Morgan fingerprint density at radius 3 is 2.83 bits per heavy atom. The van der Waals surface area contributed by atoms with Crippen molar-refractivity contribution in [2.75, 3.05) is 5.73 Å². The Kier molecular flexibility index (Phi) is 3.30. The number of nitrogens with zero attached hydrogens (tertiary/aromatic N) is 1. The first-order chi connectivity index (χ1) is 8.42. The molecule has 6 heteroatoms. The van der Waals surface area contributed by atoms with E-state index in [-0.39, 0.29) is 11.6 Å². The van der Waals surface area contributed by atoms with E-state index in [2.05, 4.69) is 4.98 Å². The van der Waals surface area contributed by atoms with E-state index in [0.717, 1.165) is 0 Å². The zero-order valence-electron chi connectivity index (χ0n) is 10.4. The van der Waals surface area contributed by atoms with Crippen molar-refractivity contribution in [3.05, 3.63) is 24.1 Å². The zero-order valence-corrected chi connectivity index (χ0v) is 11.2. The second kappa shape index (κ2) is 4.61. The summed E-state index contributed by atoms with van der Waals surface area (Å²) in [4.78, 5) is 4.15. The number of hydrogen-bond donors (Lipinski definition) is 1. The highest BCUT2D eigenvalue weighted by Gasteiger charge is 2.22. The van der Waals surface area contributed by atoms with Crippen LogP contribution >= 0.6 is 0 Å². The standard InChI is InChI=1S/C12H16N2O3S/c1-3-8(2)18(15,16)7-12-14-10-6-9(13)4-5-11(10)17-12/h4-6,8H,3,7,13H2,1-2H3. The van der Waals surface area contributed by atoms with Gasteiger partial charge >= 0.3 is 0 Å². The monoisotopic (exact) mass is 268 g/mol. The molecule has 0 aliphatic heterocycles. The van der Waals surface area contributed by atoms with E-state index in [4.69, 9.17) is 10.2 Å². The third-order valence-corrected chi connectivity index (χ3v) is 5.18. The third kappa shape index (κ3) is 2.48. The topological polar surface area (TPSA) is 86.2 Å². The summed E-state index contributed by atoms with van der Waals surface area (Å²) in [5, 5.41) is -0.391. The predicted molar refractivity (Wildman–Crippen MR) is 70.8 cm³/mol. The van der Waals surface area contributed by atoms with Gasteiger partial charge < -0.3 is 10.2 Å². The number of rotatable bonds is 4. The summed E-state index contributed by atoms with van der Waals surface area (Å²) < 4.78 is 29.3. The smallest absolute Gasteiger partial charge is 0.210 e. The van der Waals surface area contributed by atoms with Crippen molar-refractivity contribution in [1.82, 2.24) is 4.98 Å². The number of aromatic nitrogens is 1. The van der Waals surface area contributed by atoms with Crippen LogP contribution in [0.4, 0.5) is 5.69 Å². The van der Waals surface area contributed by atoms with Crippen molar-refractivity contribution >= 4 is 26.6 Å². The maximum Gasteiger partial charge on any atom is 0.210 e. The molecule has 0 radical (unpaired) electrons. The summed E-state index contributed by atoms with van der Waals surface area (Å²) in [5.74, 6) is 0.0484. The number of nitrogens with two attached hydrogens (primary N) is 1. The summed E-state index contributed by atoms with van der Waals surface area (Å²) >= 11 is 0. The molecule has 2 aromatic rings. The Morgan fingerprint density at radius 1 is 1.44 bits per heavy atom. The molecule has 0 amide bonds. The van der Waals surface area contributed by atoms with Crippen LogP contribution in [-0.2, 0) is 15.6 Å². The van der Waals surface area contributed by atoms with E-state index in [9.17, 15) is 8.42 Å². The van der Waals surface area contributed by atoms with Gasteiger partial charge in [-0.15, -0.1) is 0 Å². The van der Waals surface area contributed by atoms with Gasteiger partial charge in [0.1, 0.15) is 11.3 Å². The number of fused-ring (bicyclic) bond motifs is 1. The van der Waals surface area contributed by atoms with Gasteiger partial charge in [0.2, 0.25) is 5.89 Å². The van der Waals surface area contributed by atoms with E-state index < -0.39 is 15.1 Å². The molecule has 0 saturated heterocycles. The highest BCUT2D eigenvalue weighted by molar-refractivity contribution is 7.91. The van der Waals surface area contributed by atoms with Gasteiger partial charge in [0.25, 0.3) is 0 Å². The molecular formula is C12H16N2O3S. The molecule has 1 heterocycles. The van der Waals surface area contributed by atoms with E-state index in [0.29, 0.717) is 23.2 Å². The van der Waals surface area contributed by atoms with Crippen LogP contribution < -0.4 is 5.73 Å². The van der Waals surface area contributed by atoms with Gasteiger partial charge in [0, 0.05) is 5.69 Å². The zero-order chi connectivity index (χ0) is 13.3. The molecule has 1 aromatic carbocycles. The van der Waals surface area contributed by atoms with Crippen LogP contribution in [0.15, 0.2) is 22.6 Å². The minimum Gasteiger partial charge on any atom is -0.440 e. The van der Waals surface area contributed by atoms with E-state index >= 15 is 0 Å². The molecule has 1 aromatic heterocycles. The molecule has 1 atom stereocenters. The molecule has 2 rings (SSSR count). The van der Waals surface area contributed by atoms with Gasteiger partial charge in [-0.1, -0.05) is 6.92 Å². The third-order valence-electron chi connectivity index (χ3n) is 2.97. The molecule has 0 fully saturated rings. The summed E-state index contributed by atoms with van der Waals surface area (Å²) in [6.07, 6.45) is 0.579. The van der Waals surface area contributed by atoms with Crippen molar-refractivity contribution in [2.45, 2.75) is 31.3 Å². The minimum atomic E-state index is -3.21. The molecule has 18 heavy (non-hydrogen) atoms. The Labute approximate surface area is 106 Å². The molecule has 0 saturated carbocycles. The second-order valence-electron chi connectivity index (χ2n) is 4.36. The van der Waals surface area contributed by atoms with Gasteiger partial charge in [0.05, 0.1) is 5.25 Å². The fourth-order valence-corrected chi connectivity index (χ4v) is 2.88. The van der Waals surface area contributed by atoms with Gasteiger partial charge in [-0.3, -0.25) is 0 Å². The van der Waals surface area contributed by atoms with E-state index in [1.165, 1.54) is 0 Å². The SMILES string of the molecule is CCC(C)S(=O)(=O)Cc1nc2cc(N)ccc2o1. The van der Waals surface area contributed by atoms with Crippen LogP contribution in [0.1, 0.15) is 26.2 Å². The largest absolute Gasteiger partial charge is 0.440 e. The average Bonchev–Trinajstić information content (AvgIpc) is 2.68. The van der Waals surface area contributed by atoms with E-state index in [1.807, 2.05) is 6.92 Å². The second-order valence-corrected chi connectivity index (χ2v) is 6.78.